The molecule has 3 nitrogen and oxygen atoms in total. The molecule has 0 fully saturated rings. The summed E-state index contributed by atoms with van der Waals surface area (Å²) in [7, 11) is 0. The van der Waals surface area contributed by atoms with Crippen molar-refractivity contribution in [1.29, 1.82) is 0 Å². The van der Waals surface area contributed by atoms with Gasteiger partial charge in [0.25, 0.3) is 0 Å². The summed E-state index contributed by atoms with van der Waals surface area (Å²) < 4.78 is 25.6. The Morgan fingerprint density at radius 2 is 2.20 bits per heavy atom. The summed E-state index contributed by atoms with van der Waals surface area (Å²) in [6.45, 7) is 3.33. The van der Waals surface area contributed by atoms with Crippen molar-refractivity contribution in [2.24, 2.45) is 10.8 Å². The minimum Gasteiger partial charge on any atom is -0.385 e. The molecular formula is C9H8ClF2N3. The smallest absolute Gasteiger partial charge is 0.178 e. The minimum atomic E-state index is -1.10. The molecule has 0 saturated carbocycles. The van der Waals surface area contributed by atoms with Gasteiger partial charge in [-0.15, -0.1) is 0 Å². The van der Waals surface area contributed by atoms with E-state index in [-0.39, 0.29) is 16.4 Å². The highest BCUT2D eigenvalue weighted by Crippen LogP contribution is 2.20. The Morgan fingerprint density at radius 3 is 2.80 bits per heavy atom. The summed E-state index contributed by atoms with van der Waals surface area (Å²) >= 11 is 5.53. The predicted octanol–water partition coefficient (Wildman–Crippen LogP) is 1.97. The van der Waals surface area contributed by atoms with Gasteiger partial charge in [0.15, 0.2) is 11.6 Å². The molecule has 3 N–H and O–H groups in total. The third-order valence-electron chi connectivity index (χ3n) is 1.48. The van der Waals surface area contributed by atoms with Crippen LogP contribution < -0.4 is 11.2 Å². The molecule has 0 spiro atoms. The molecule has 0 amide bonds. The molecular weight excluding hydrogens is 224 g/mol. The molecule has 0 radical (unpaired) electrons. The average Bonchev–Trinajstić information content (AvgIpc) is 2.18. The minimum absolute atomic E-state index is 0.130. The van der Waals surface area contributed by atoms with E-state index in [9.17, 15) is 8.78 Å². The van der Waals surface area contributed by atoms with E-state index in [0.29, 0.717) is 0 Å². The van der Waals surface area contributed by atoms with E-state index >= 15 is 0 Å². The van der Waals surface area contributed by atoms with Gasteiger partial charge in [-0.3, -0.25) is 5.43 Å². The zero-order valence-corrected chi connectivity index (χ0v) is 8.35. The normalized spacial score (nSPS) is 10.6. The maximum Gasteiger partial charge on any atom is 0.178 e. The Kier molecular flexibility index (Phi) is 3.62. The molecule has 0 heterocycles. The van der Waals surface area contributed by atoms with E-state index in [1.165, 1.54) is 12.3 Å². The van der Waals surface area contributed by atoms with E-state index in [2.05, 4.69) is 17.1 Å². The predicted molar refractivity (Wildman–Crippen MR) is 55.4 cm³/mol. The van der Waals surface area contributed by atoms with Gasteiger partial charge < -0.3 is 5.73 Å². The van der Waals surface area contributed by atoms with Gasteiger partial charge in [-0.2, -0.15) is 5.10 Å². The van der Waals surface area contributed by atoms with Gasteiger partial charge in [0.05, 0.1) is 11.2 Å². The molecule has 0 aliphatic heterocycles. The van der Waals surface area contributed by atoms with Crippen molar-refractivity contribution in [2.45, 2.75) is 0 Å². The number of benzene rings is 1. The molecule has 80 valence electrons. The van der Waals surface area contributed by atoms with Gasteiger partial charge in [0.1, 0.15) is 5.82 Å². The van der Waals surface area contributed by atoms with Crippen molar-refractivity contribution < 1.29 is 8.78 Å². The standard InChI is InChI=1S/C9H8ClF2N3/c1-5(13)15-14-4-6-2-3-7(11)9(12)8(6)10/h2-4,15H,1,13H2/b14-4+. The third kappa shape index (κ3) is 2.92. The lowest BCUT2D eigenvalue weighted by Crippen LogP contribution is -2.12. The molecule has 6 heteroatoms. The first-order chi connectivity index (χ1) is 7.02. The topological polar surface area (TPSA) is 50.4 Å². The van der Waals surface area contributed by atoms with Crippen molar-refractivity contribution in [3.05, 3.63) is 46.8 Å². The Bertz CT molecular complexity index is 418. The van der Waals surface area contributed by atoms with Crippen molar-refractivity contribution >= 4 is 17.8 Å². The highest BCUT2D eigenvalue weighted by Gasteiger charge is 2.09. The lowest BCUT2D eigenvalue weighted by atomic mass is 10.2. The number of hydrogen-bond acceptors (Lipinski definition) is 3. The van der Waals surface area contributed by atoms with Gasteiger partial charge in [-0.1, -0.05) is 18.2 Å². The Hall–Kier alpha value is -1.62. The fraction of sp³-hybridized carbons (Fsp3) is 0. The zero-order chi connectivity index (χ0) is 11.4. The van der Waals surface area contributed by atoms with Gasteiger partial charge in [0.2, 0.25) is 0 Å². The number of nitrogens with one attached hydrogen (secondary N) is 1. The Balaban J connectivity index is 2.92. The van der Waals surface area contributed by atoms with Crippen LogP contribution in [-0.4, -0.2) is 6.21 Å². The summed E-state index contributed by atoms with van der Waals surface area (Å²) in [6.07, 6.45) is 1.21. The molecule has 0 atom stereocenters. The van der Waals surface area contributed by atoms with Crippen LogP contribution in [0.15, 0.2) is 29.6 Å². The molecule has 0 aliphatic rings. The number of halogens is 3. The van der Waals surface area contributed by atoms with Crippen LogP contribution in [0, 0.1) is 11.6 Å². The van der Waals surface area contributed by atoms with Crippen LogP contribution in [0.5, 0.6) is 0 Å². The molecule has 0 aromatic heterocycles. The summed E-state index contributed by atoms with van der Waals surface area (Å²) in [6, 6.07) is 2.25. The van der Waals surface area contributed by atoms with E-state index in [1.54, 1.807) is 0 Å². The number of rotatable bonds is 3. The van der Waals surface area contributed by atoms with Crippen LogP contribution in [-0.2, 0) is 0 Å². The van der Waals surface area contributed by atoms with E-state index in [1.807, 2.05) is 0 Å². The summed E-state index contributed by atoms with van der Waals surface area (Å²) in [5.41, 5.74) is 7.74. The van der Waals surface area contributed by atoms with Gasteiger partial charge in [-0.05, 0) is 12.1 Å². The van der Waals surface area contributed by atoms with Crippen LogP contribution in [0.2, 0.25) is 5.02 Å². The maximum atomic E-state index is 12.9. The van der Waals surface area contributed by atoms with Gasteiger partial charge >= 0.3 is 0 Å². The Labute approximate surface area is 90.2 Å². The van der Waals surface area contributed by atoms with Crippen molar-refractivity contribution in [3.8, 4) is 0 Å². The van der Waals surface area contributed by atoms with Crippen LogP contribution in [0.4, 0.5) is 8.78 Å². The second-order valence-electron chi connectivity index (χ2n) is 2.66. The summed E-state index contributed by atoms with van der Waals surface area (Å²) in [5.74, 6) is -1.98. The van der Waals surface area contributed by atoms with Crippen LogP contribution in [0.1, 0.15) is 5.56 Å². The fourth-order valence-corrected chi connectivity index (χ4v) is 1.03. The second kappa shape index (κ2) is 4.75. The quantitative estimate of drug-likeness (QED) is 0.475. The molecule has 0 bridgehead atoms. The van der Waals surface area contributed by atoms with Crippen molar-refractivity contribution in [1.82, 2.24) is 5.43 Å². The molecule has 1 aromatic rings. The molecule has 1 rings (SSSR count). The van der Waals surface area contributed by atoms with Gasteiger partial charge in [-0.25, -0.2) is 8.78 Å². The number of hydrogen-bond donors (Lipinski definition) is 2. The lowest BCUT2D eigenvalue weighted by Gasteiger charge is -2.00. The average molecular weight is 232 g/mol. The summed E-state index contributed by atoms with van der Waals surface area (Å²) in [4.78, 5) is 0. The fourth-order valence-electron chi connectivity index (χ4n) is 0.825. The largest absolute Gasteiger partial charge is 0.385 e. The van der Waals surface area contributed by atoms with Crippen LogP contribution in [0.3, 0.4) is 0 Å². The number of nitrogens with two attached hydrogens (primary N) is 1. The van der Waals surface area contributed by atoms with Crippen LogP contribution in [0.25, 0.3) is 0 Å². The Morgan fingerprint density at radius 1 is 1.53 bits per heavy atom. The van der Waals surface area contributed by atoms with E-state index in [4.69, 9.17) is 17.3 Å². The molecule has 0 unspecified atom stereocenters. The summed E-state index contributed by atoms with van der Waals surface area (Å²) in [5, 5.41) is 3.27. The highest BCUT2D eigenvalue weighted by atomic mass is 35.5. The monoisotopic (exact) mass is 231 g/mol. The SMILES string of the molecule is C=C(N)N/N=C/c1ccc(F)c(F)c1Cl. The first-order valence-corrected chi connectivity index (χ1v) is 4.27. The molecule has 0 aliphatic carbocycles. The number of hydrazone groups is 1. The lowest BCUT2D eigenvalue weighted by molar-refractivity contribution is 0.509. The molecule has 15 heavy (non-hydrogen) atoms. The maximum absolute atomic E-state index is 12.9. The second-order valence-corrected chi connectivity index (χ2v) is 3.04. The van der Waals surface area contributed by atoms with Crippen molar-refractivity contribution in [2.75, 3.05) is 0 Å². The van der Waals surface area contributed by atoms with Crippen LogP contribution >= 0.6 is 11.6 Å². The van der Waals surface area contributed by atoms with Crippen molar-refractivity contribution in [3.63, 3.8) is 0 Å². The first kappa shape index (κ1) is 11.5. The van der Waals surface area contributed by atoms with Gasteiger partial charge in [0, 0.05) is 5.56 Å². The third-order valence-corrected chi connectivity index (χ3v) is 1.86. The van der Waals surface area contributed by atoms with E-state index in [0.717, 1.165) is 6.07 Å². The molecule has 1 aromatic carbocycles. The molecule has 0 saturated heterocycles. The number of nitrogens with zero attached hydrogens (tertiary/aromatic N) is 1. The van der Waals surface area contributed by atoms with E-state index < -0.39 is 11.6 Å². The highest BCUT2D eigenvalue weighted by molar-refractivity contribution is 6.33. The first-order valence-electron chi connectivity index (χ1n) is 3.89. The zero-order valence-electron chi connectivity index (χ0n) is 7.60.